The van der Waals surface area contributed by atoms with Gasteiger partial charge in [-0.25, -0.2) is 4.79 Å². The van der Waals surface area contributed by atoms with Crippen molar-refractivity contribution < 1.29 is 14.3 Å². The number of hydrogen-bond acceptors (Lipinski definition) is 3. The summed E-state index contributed by atoms with van der Waals surface area (Å²) in [6.07, 6.45) is 5.09. The summed E-state index contributed by atoms with van der Waals surface area (Å²) in [6.45, 7) is 5.70. The molecule has 0 radical (unpaired) electrons. The maximum atomic E-state index is 10.8. The minimum absolute atomic E-state index is 0.265. The van der Waals surface area contributed by atoms with E-state index in [1.54, 1.807) is 6.92 Å². The Morgan fingerprint density at radius 1 is 1.31 bits per heavy atom. The number of allylic oxidation sites excluding steroid dienone is 1. The molecule has 0 rings (SSSR count). The van der Waals surface area contributed by atoms with Gasteiger partial charge in [-0.3, -0.25) is 0 Å². The van der Waals surface area contributed by atoms with Crippen LogP contribution in [0.4, 0.5) is 0 Å². The summed E-state index contributed by atoms with van der Waals surface area (Å²) in [4.78, 5) is 10.8. The summed E-state index contributed by atoms with van der Waals surface area (Å²) in [6, 6.07) is 0. The summed E-state index contributed by atoms with van der Waals surface area (Å²) < 4.78 is 9.85. The van der Waals surface area contributed by atoms with Gasteiger partial charge in [0.25, 0.3) is 0 Å². The van der Waals surface area contributed by atoms with Crippen molar-refractivity contribution in [2.75, 3.05) is 19.8 Å². The first-order chi connectivity index (χ1) is 6.31. The van der Waals surface area contributed by atoms with Crippen LogP contribution in [0.1, 0.15) is 26.7 Å². The Morgan fingerprint density at radius 2 is 2.08 bits per heavy atom. The first-order valence-corrected chi connectivity index (χ1v) is 4.72. The van der Waals surface area contributed by atoms with Gasteiger partial charge in [-0.05, 0) is 26.7 Å². The zero-order valence-corrected chi connectivity index (χ0v) is 8.41. The molecule has 0 aromatic heterocycles. The predicted molar refractivity (Wildman–Crippen MR) is 51.5 cm³/mol. The smallest absolute Gasteiger partial charge is 0.330 e. The normalized spacial score (nSPS) is 10.6. The number of ether oxygens (including phenoxy) is 2. The van der Waals surface area contributed by atoms with Crippen LogP contribution in [0.15, 0.2) is 12.2 Å². The van der Waals surface area contributed by atoms with Gasteiger partial charge < -0.3 is 9.47 Å². The molecule has 0 aromatic carbocycles. The molecule has 0 aliphatic rings. The van der Waals surface area contributed by atoms with E-state index in [0.717, 1.165) is 26.1 Å². The van der Waals surface area contributed by atoms with Crippen LogP contribution in [0.5, 0.6) is 0 Å². The lowest BCUT2D eigenvalue weighted by Crippen LogP contribution is -1.99. The summed E-state index contributed by atoms with van der Waals surface area (Å²) >= 11 is 0. The second kappa shape index (κ2) is 9.26. The maximum Gasteiger partial charge on any atom is 0.330 e. The van der Waals surface area contributed by atoms with Gasteiger partial charge in [0.05, 0.1) is 6.61 Å². The molecule has 0 saturated heterocycles. The molecule has 0 aliphatic heterocycles. The van der Waals surface area contributed by atoms with Crippen molar-refractivity contribution in [1.29, 1.82) is 0 Å². The molecule has 0 spiro atoms. The molecule has 0 heterocycles. The number of rotatable bonds is 7. The summed E-state index contributed by atoms with van der Waals surface area (Å²) in [5.74, 6) is -0.265. The van der Waals surface area contributed by atoms with Crippen LogP contribution in [-0.2, 0) is 14.3 Å². The van der Waals surface area contributed by atoms with E-state index in [1.165, 1.54) is 6.08 Å². The van der Waals surface area contributed by atoms with Gasteiger partial charge in [0.1, 0.15) is 0 Å². The number of carbonyl (C=O) groups is 1. The highest BCUT2D eigenvalue weighted by Crippen LogP contribution is 1.92. The highest BCUT2D eigenvalue weighted by Gasteiger charge is 1.91. The average molecular weight is 186 g/mol. The van der Waals surface area contributed by atoms with Crippen LogP contribution in [0.3, 0.4) is 0 Å². The molecule has 3 nitrogen and oxygen atoms in total. The lowest BCUT2D eigenvalue weighted by atomic mass is 10.3. The van der Waals surface area contributed by atoms with Gasteiger partial charge in [-0.1, -0.05) is 6.08 Å². The fraction of sp³-hybridized carbons (Fsp3) is 0.700. The van der Waals surface area contributed by atoms with E-state index in [-0.39, 0.29) is 5.97 Å². The fourth-order valence-corrected chi connectivity index (χ4v) is 0.818. The largest absolute Gasteiger partial charge is 0.463 e. The molecular weight excluding hydrogens is 168 g/mol. The second-order valence-corrected chi connectivity index (χ2v) is 2.49. The third-order valence-corrected chi connectivity index (χ3v) is 1.40. The topological polar surface area (TPSA) is 35.5 Å². The van der Waals surface area contributed by atoms with Crippen molar-refractivity contribution in [2.45, 2.75) is 26.7 Å². The molecule has 0 aromatic rings. The first-order valence-electron chi connectivity index (χ1n) is 4.72. The maximum absolute atomic E-state index is 10.8. The van der Waals surface area contributed by atoms with Crippen LogP contribution in [0, 0.1) is 0 Å². The molecule has 76 valence electrons. The molecule has 0 N–H and O–H groups in total. The highest BCUT2D eigenvalue weighted by molar-refractivity contribution is 5.81. The van der Waals surface area contributed by atoms with E-state index in [1.807, 2.05) is 13.0 Å². The summed E-state index contributed by atoms with van der Waals surface area (Å²) in [7, 11) is 0. The summed E-state index contributed by atoms with van der Waals surface area (Å²) in [5, 5.41) is 0. The number of unbranched alkanes of at least 4 members (excludes halogenated alkanes) is 1. The van der Waals surface area contributed by atoms with E-state index in [4.69, 9.17) is 9.47 Å². The summed E-state index contributed by atoms with van der Waals surface area (Å²) in [5.41, 5.74) is 0. The molecular formula is C10H18O3. The SMILES string of the molecule is CCOCCC/C=C/C(=O)OCC. The Morgan fingerprint density at radius 3 is 2.69 bits per heavy atom. The molecule has 0 saturated carbocycles. The Bertz CT molecular complexity index is 152. The van der Waals surface area contributed by atoms with E-state index >= 15 is 0 Å². The van der Waals surface area contributed by atoms with Crippen LogP contribution < -0.4 is 0 Å². The zero-order valence-electron chi connectivity index (χ0n) is 8.41. The molecule has 0 unspecified atom stereocenters. The van der Waals surface area contributed by atoms with Gasteiger partial charge in [0.15, 0.2) is 0 Å². The van der Waals surface area contributed by atoms with Gasteiger partial charge in [-0.2, -0.15) is 0 Å². The Balaban J connectivity index is 3.25. The Kier molecular flexibility index (Phi) is 8.67. The monoisotopic (exact) mass is 186 g/mol. The standard InChI is InChI=1S/C10H18O3/c1-3-12-9-7-5-6-8-10(11)13-4-2/h6,8H,3-5,7,9H2,1-2H3/b8-6+. The lowest BCUT2D eigenvalue weighted by Gasteiger charge is -1.97. The zero-order chi connectivity index (χ0) is 9.94. The highest BCUT2D eigenvalue weighted by atomic mass is 16.5. The molecule has 0 atom stereocenters. The number of esters is 1. The Hall–Kier alpha value is -0.830. The first kappa shape index (κ1) is 12.2. The van der Waals surface area contributed by atoms with Gasteiger partial charge in [0, 0.05) is 19.3 Å². The van der Waals surface area contributed by atoms with Crippen LogP contribution in [-0.4, -0.2) is 25.8 Å². The molecule has 0 aliphatic carbocycles. The third-order valence-electron chi connectivity index (χ3n) is 1.40. The van der Waals surface area contributed by atoms with Gasteiger partial charge in [0.2, 0.25) is 0 Å². The molecule has 0 bridgehead atoms. The minimum atomic E-state index is -0.265. The van der Waals surface area contributed by atoms with Crippen molar-refractivity contribution in [3.63, 3.8) is 0 Å². The van der Waals surface area contributed by atoms with Crippen molar-refractivity contribution in [2.24, 2.45) is 0 Å². The van der Waals surface area contributed by atoms with E-state index in [2.05, 4.69) is 0 Å². The van der Waals surface area contributed by atoms with Gasteiger partial charge >= 0.3 is 5.97 Å². The fourth-order valence-electron chi connectivity index (χ4n) is 0.818. The van der Waals surface area contributed by atoms with E-state index in [9.17, 15) is 4.79 Å². The molecule has 0 amide bonds. The van der Waals surface area contributed by atoms with Crippen molar-refractivity contribution in [1.82, 2.24) is 0 Å². The van der Waals surface area contributed by atoms with E-state index in [0.29, 0.717) is 6.61 Å². The average Bonchev–Trinajstić information content (AvgIpc) is 2.11. The number of hydrogen-bond donors (Lipinski definition) is 0. The van der Waals surface area contributed by atoms with Crippen LogP contribution >= 0.6 is 0 Å². The third kappa shape index (κ3) is 9.08. The molecule has 0 fully saturated rings. The van der Waals surface area contributed by atoms with Gasteiger partial charge in [-0.15, -0.1) is 0 Å². The van der Waals surface area contributed by atoms with E-state index < -0.39 is 0 Å². The Labute approximate surface area is 79.7 Å². The quantitative estimate of drug-likeness (QED) is 0.346. The lowest BCUT2D eigenvalue weighted by molar-refractivity contribution is -0.137. The van der Waals surface area contributed by atoms with Crippen molar-refractivity contribution in [3.8, 4) is 0 Å². The predicted octanol–water partition coefficient (Wildman–Crippen LogP) is 1.92. The van der Waals surface area contributed by atoms with Crippen molar-refractivity contribution >= 4 is 5.97 Å². The van der Waals surface area contributed by atoms with Crippen LogP contribution in [0.25, 0.3) is 0 Å². The van der Waals surface area contributed by atoms with Crippen LogP contribution in [0.2, 0.25) is 0 Å². The minimum Gasteiger partial charge on any atom is -0.463 e. The number of carbonyl (C=O) groups excluding carboxylic acids is 1. The second-order valence-electron chi connectivity index (χ2n) is 2.49. The molecule has 13 heavy (non-hydrogen) atoms. The molecule has 3 heteroatoms. The van der Waals surface area contributed by atoms with Crippen molar-refractivity contribution in [3.05, 3.63) is 12.2 Å².